The number of ketones is 4. The lowest BCUT2D eigenvalue weighted by Crippen LogP contribution is -2.05. The summed E-state index contributed by atoms with van der Waals surface area (Å²) in [6.07, 6.45) is 0.946. The van der Waals surface area contributed by atoms with E-state index in [0.717, 1.165) is 22.7 Å². The van der Waals surface area contributed by atoms with Crippen LogP contribution in [0.2, 0.25) is 0 Å². The molecule has 5 aliphatic rings. The van der Waals surface area contributed by atoms with Crippen LogP contribution in [0.3, 0.4) is 0 Å². The molecular weight excluding hydrogens is 1200 g/mol. The van der Waals surface area contributed by atoms with E-state index in [1.54, 1.807) is 36.4 Å². The van der Waals surface area contributed by atoms with Crippen molar-refractivity contribution >= 4 is 85.7 Å². The van der Waals surface area contributed by atoms with Gasteiger partial charge in [-0.15, -0.1) is 0 Å². The number of rotatable bonds is 7. The average molecular weight is 1240 g/mol. The predicted octanol–water partition coefficient (Wildman–Crippen LogP) is 12.7. The number of aromatic amines is 1. The van der Waals surface area contributed by atoms with Crippen molar-refractivity contribution in [1.29, 1.82) is 0 Å². The number of aromatic carboxylic acids is 4. The molecule has 0 radical (unpaired) electrons. The van der Waals surface area contributed by atoms with Gasteiger partial charge in [-0.3, -0.25) is 54.3 Å². The topological polar surface area (TPSA) is 380 Å². The Morgan fingerprint density at radius 3 is 1.15 bits per heavy atom. The van der Waals surface area contributed by atoms with Crippen molar-refractivity contribution in [3.8, 4) is 44.5 Å². The van der Waals surface area contributed by atoms with Gasteiger partial charge in [-0.1, -0.05) is 109 Å². The number of fused-ring (bicyclic) bond motifs is 12. The van der Waals surface area contributed by atoms with Crippen molar-refractivity contribution in [3.63, 3.8) is 0 Å². The van der Waals surface area contributed by atoms with Crippen LogP contribution >= 0.6 is 0 Å². The fourth-order valence-corrected chi connectivity index (χ4v) is 12.4. The summed E-state index contributed by atoms with van der Waals surface area (Å²) in [4.78, 5) is 140. The molecule has 11 aromatic rings. The van der Waals surface area contributed by atoms with Crippen LogP contribution in [0.1, 0.15) is 116 Å². The molecule has 452 valence electrons. The Morgan fingerprint density at radius 1 is 0.344 bits per heavy atom. The number of nitrogens with one attached hydrogen (secondary N) is 1. The van der Waals surface area contributed by atoms with Crippen molar-refractivity contribution in [2.75, 3.05) is 0 Å². The number of carboxylic acids is 4. The van der Waals surface area contributed by atoms with Gasteiger partial charge >= 0.3 is 23.9 Å². The number of nitro benzene ring substituents is 3. The summed E-state index contributed by atoms with van der Waals surface area (Å²) < 4.78 is 0. The van der Waals surface area contributed by atoms with Crippen LogP contribution in [0, 0.1) is 30.3 Å². The standard InChI is InChI=1S/3C14H7NO5.C14H9NO.C14H8O3/c2*16-13-7-3-1-5-9(14(17)18)11(7)12-8(13)4-2-6-10(12)15(19)20;16-13-9-2-1-3-10(14(17)18)12(9)8-5-4-7(15(19)20)6-11(8)13;16-14-10-5-1-3-8-7-9-4-2-6-11(15-14)13(9)12(8)10;15-13-9-5-2-1-4-8(9)12-10(13)6-3-7-11(12)14(16)17/h3*1-6H,(H,17,18);1-6H,7H2,(H,15,16);1-7H,(H,16,17). The second-order valence-corrected chi connectivity index (χ2v) is 21.2. The van der Waals surface area contributed by atoms with E-state index in [-0.39, 0.29) is 124 Å². The Labute approximate surface area is 519 Å². The van der Waals surface area contributed by atoms with Crippen LogP contribution in [-0.4, -0.2) is 87.2 Å². The lowest BCUT2D eigenvalue weighted by atomic mass is 9.98. The molecule has 23 heteroatoms. The van der Waals surface area contributed by atoms with E-state index >= 15 is 0 Å². The molecule has 0 fully saturated rings. The van der Waals surface area contributed by atoms with Crippen molar-refractivity contribution in [2.45, 2.75) is 6.42 Å². The van der Waals surface area contributed by atoms with E-state index in [2.05, 4.69) is 17.1 Å². The Kier molecular flexibility index (Phi) is 14.9. The lowest BCUT2D eigenvalue weighted by Gasteiger charge is -2.05. The SMILES string of the molecule is O=C(O)c1cccc2c1-c1c(cccc1[N+](=O)[O-])C2=O.O=C(O)c1cccc2c1-c1c(cccc1[N+](=O)[O-])C2=O.O=C(O)c1cccc2c1-c1ccc([N+](=O)[O-])cc1C2=O.O=C(O)c1cccc2c1-c1ccccc1C2=O.O=c1[nH]c2cccc3c2c2c(cccc12)C3. The number of pyridine rings is 1. The van der Waals surface area contributed by atoms with Crippen molar-refractivity contribution in [2.24, 2.45) is 0 Å². The third-order valence-electron chi connectivity index (χ3n) is 16.2. The Morgan fingerprint density at radius 2 is 0.699 bits per heavy atom. The monoisotopic (exact) mass is 1240 g/mol. The Bertz CT molecular complexity index is 5100. The van der Waals surface area contributed by atoms with Crippen molar-refractivity contribution in [1.82, 2.24) is 4.98 Å². The second kappa shape index (κ2) is 23.2. The van der Waals surface area contributed by atoms with Crippen molar-refractivity contribution in [3.05, 3.63) is 307 Å². The first kappa shape index (κ1) is 59.7. The van der Waals surface area contributed by atoms with Gasteiger partial charge < -0.3 is 25.4 Å². The number of nitrogens with zero attached hydrogens (tertiary/aromatic N) is 3. The summed E-state index contributed by atoms with van der Waals surface area (Å²) in [5.74, 6) is -5.85. The maximum Gasteiger partial charge on any atom is 0.336 e. The van der Waals surface area contributed by atoms with E-state index in [1.165, 1.54) is 132 Å². The molecule has 0 saturated heterocycles. The van der Waals surface area contributed by atoms with Gasteiger partial charge in [0, 0.05) is 113 Å². The van der Waals surface area contributed by atoms with Crippen LogP contribution in [-0.2, 0) is 6.42 Å². The number of carbonyl (C=O) groups is 8. The zero-order valence-electron chi connectivity index (χ0n) is 47.4. The molecular formula is C70H38N4O19. The number of carbonyl (C=O) groups excluding carboxylic acids is 4. The van der Waals surface area contributed by atoms with Gasteiger partial charge in [0.15, 0.2) is 23.1 Å². The molecule has 5 aliphatic carbocycles. The first-order valence-electron chi connectivity index (χ1n) is 27.7. The third-order valence-corrected chi connectivity index (χ3v) is 16.2. The molecule has 10 aromatic carbocycles. The molecule has 0 aliphatic heterocycles. The van der Waals surface area contributed by atoms with E-state index in [0.29, 0.717) is 33.4 Å². The van der Waals surface area contributed by atoms with Gasteiger partial charge in [0.25, 0.3) is 22.6 Å². The summed E-state index contributed by atoms with van der Waals surface area (Å²) in [7, 11) is 0. The fraction of sp³-hybridized carbons (Fsp3) is 0.0143. The predicted molar refractivity (Wildman–Crippen MR) is 334 cm³/mol. The minimum atomic E-state index is -1.22. The summed E-state index contributed by atoms with van der Waals surface area (Å²) in [5, 5.41) is 72.9. The van der Waals surface area contributed by atoms with Gasteiger partial charge in [0.1, 0.15) is 0 Å². The number of carboxylic acid groups (broad SMARTS) is 4. The van der Waals surface area contributed by atoms with Crippen LogP contribution in [0.4, 0.5) is 17.1 Å². The maximum absolute atomic E-state index is 12.2. The molecule has 0 saturated carbocycles. The number of aromatic nitrogens is 1. The highest BCUT2D eigenvalue weighted by atomic mass is 16.6. The van der Waals surface area contributed by atoms with Gasteiger partial charge in [-0.25, -0.2) is 19.2 Å². The zero-order valence-corrected chi connectivity index (χ0v) is 47.4. The number of benzene rings is 10. The van der Waals surface area contributed by atoms with Crippen LogP contribution in [0.5, 0.6) is 0 Å². The van der Waals surface area contributed by atoms with Gasteiger partial charge in [0.2, 0.25) is 0 Å². The largest absolute Gasteiger partial charge is 0.478 e. The van der Waals surface area contributed by atoms with Gasteiger partial charge in [-0.05, 0) is 83.3 Å². The molecule has 0 atom stereocenters. The molecule has 16 rings (SSSR count). The quantitative estimate of drug-likeness (QED) is 0.0562. The van der Waals surface area contributed by atoms with Crippen LogP contribution < -0.4 is 5.56 Å². The number of non-ortho nitro benzene ring substituents is 1. The molecule has 0 unspecified atom stereocenters. The minimum absolute atomic E-state index is 0.0170. The Hall–Kier alpha value is -13.6. The number of nitro groups is 3. The smallest absolute Gasteiger partial charge is 0.336 e. The van der Waals surface area contributed by atoms with E-state index in [9.17, 15) is 88.8 Å². The molecule has 93 heavy (non-hydrogen) atoms. The molecule has 23 nitrogen and oxygen atoms in total. The van der Waals surface area contributed by atoms with Crippen LogP contribution in [0.25, 0.3) is 66.2 Å². The van der Waals surface area contributed by atoms with Gasteiger partial charge in [-0.2, -0.15) is 0 Å². The summed E-state index contributed by atoms with van der Waals surface area (Å²) >= 11 is 0. The van der Waals surface area contributed by atoms with Crippen molar-refractivity contribution < 1.29 is 73.6 Å². The van der Waals surface area contributed by atoms with E-state index in [1.807, 2.05) is 24.3 Å². The van der Waals surface area contributed by atoms with E-state index in [4.69, 9.17) is 5.11 Å². The maximum atomic E-state index is 12.2. The molecule has 0 bridgehead atoms. The van der Waals surface area contributed by atoms with Gasteiger partial charge in [0.05, 0.1) is 48.2 Å². The average Bonchev–Trinajstić information content (AvgIpc) is 1.62. The number of hydrogen-bond donors (Lipinski definition) is 5. The first-order chi connectivity index (χ1) is 44.6. The highest BCUT2D eigenvalue weighted by molar-refractivity contribution is 6.28. The second-order valence-electron chi connectivity index (χ2n) is 21.2. The summed E-state index contributed by atoms with van der Waals surface area (Å²) in [6, 6.07) is 49.1. The molecule has 0 amide bonds. The third kappa shape index (κ3) is 9.96. The van der Waals surface area contributed by atoms with E-state index < -0.39 is 38.6 Å². The minimum Gasteiger partial charge on any atom is -0.478 e. The fourth-order valence-electron chi connectivity index (χ4n) is 12.4. The summed E-state index contributed by atoms with van der Waals surface area (Å²) in [5.41, 5.74) is 7.50. The first-order valence-corrected chi connectivity index (χ1v) is 27.7. The van der Waals surface area contributed by atoms with Crippen LogP contribution in [0.15, 0.2) is 193 Å². The Balaban J connectivity index is 0.000000112. The number of H-pyrrole nitrogens is 1. The molecule has 5 N–H and O–H groups in total. The number of hydrogen-bond acceptors (Lipinski definition) is 15. The molecule has 0 spiro atoms. The normalized spacial score (nSPS) is 12.1. The summed E-state index contributed by atoms with van der Waals surface area (Å²) in [6.45, 7) is 0. The highest BCUT2D eigenvalue weighted by Crippen LogP contribution is 2.47. The molecule has 1 aromatic heterocycles. The highest BCUT2D eigenvalue weighted by Gasteiger charge is 2.38. The zero-order chi connectivity index (χ0) is 66.0. The molecule has 1 heterocycles. The lowest BCUT2D eigenvalue weighted by molar-refractivity contribution is -0.384.